The molecule has 0 aliphatic heterocycles. The summed E-state index contributed by atoms with van der Waals surface area (Å²) in [5.41, 5.74) is 15.9. The maximum absolute atomic E-state index is 5.79. The zero-order valence-corrected chi connectivity index (χ0v) is 8.20. The van der Waals surface area contributed by atoms with Gasteiger partial charge < -0.3 is 11.5 Å². The molecule has 0 spiro atoms. The zero-order chi connectivity index (χ0) is 10.3. The van der Waals surface area contributed by atoms with E-state index in [9.17, 15) is 0 Å². The average molecular weight is 188 g/mol. The third-order valence-electron chi connectivity index (χ3n) is 2.23. The molecule has 0 aliphatic rings. The van der Waals surface area contributed by atoms with Gasteiger partial charge in [-0.2, -0.15) is 0 Å². The lowest BCUT2D eigenvalue weighted by molar-refractivity contribution is 1.10. The molecule has 0 bridgehead atoms. The second-order valence-corrected chi connectivity index (χ2v) is 3.37. The molecule has 0 atom stereocenters. The van der Waals surface area contributed by atoms with Crippen LogP contribution in [0.15, 0.2) is 12.1 Å². The van der Waals surface area contributed by atoms with Gasteiger partial charge in [-0.15, -0.1) is 0 Å². The Labute approximate surface area is 82.0 Å². The summed E-state index contributed by atoms with van der Waals surface area (Å²) in [5, 5.41) is 0. The molecule has 1 aromatic carbocycles. The monoisotopic (exact) mass is 188 g/mol. The highest BCUT2D eigenvalue weighted by Crippen LogP contribution is 2.22. The molecule has 0 unspecified atom stereocenters. The van der Waals surface area contributed by atoms with E-state index in [-0.39, 0.29) is 0 Å². The number of benzene rings is 1. The second kappa shape index (κ2) is 2.83. The normalized spacial score (nSPS) is 10.7. The minimum absolute atomic E-state index is 0.579. The number of hydrogen-bond donors (Lipinski definition) is 2. The number of nitrogens with zero attached hydrogens (tertiary/aromatic N) is 2. The van der Waals surface area contributed by atoms with Gasteiger partial charge in [-0.1, -0.05) is 0 Å². The molecule has 2 aromatic rings. The van der Waals surface area contributed by atoms with Crippen LogP contribution in [0.25, 0.3) is 11.0 Å². The van der Waals surface area contributed by atoms with Crippen molar-refractivity contribution in [2.45, 2.75) is 13.8 Å². The van der Waals surface area contributed by atoms with E-state index in [4.69, 9.17) is 11.5 Å². The average Bonchev–Trinajstić information content (AvgIpc) is 2.08. The summed E-state index contributed by atoms with van der Waals surface area (Å²) < 4.78 is 0. The van der Waals surface area contributed by atoms with Crippen molar-refractivity contribution in [3.05, 3.63) is 23.5 Å². The van der Waals surface area contributed by atoms with Gasteiger partial charge >= 0.3 is 0 Å². The molecule has 14 heavy (non-hydrogen) atoms. The van der Waals surface area contributed by atoms with Gasteiger partial charge in [0.1, 0.15) is 5.52 Å². The van der Waals surface area contributed by atoms with Crippen molar-refractivity contribution in [2.75, 3.05) is 11.5 Å². The van der Waals surface area contributed by atoms with Crippen LogP contribution in [0.4, 0.5) is 11.4 Å². The van der Waals surface area contributed by atoms with Gasteiger partial charge in [-0.3, -0.25) is 0 Å². The Morgan fingerprint density at radius 2 is 1.64 bits per heavy atom. The molecule has 1 aromatic heterocycles. The molecule has 4 N–H and O–H groups in total. The minimum Gasteiger partial charge on any atom is -0.399 e. The lowest BCUT2D eigenvalue weighted by Gasteiger charge is -2.05. The summed E-state index contributed by atoms with van der Waals surface area (Å²) in [5.74, 6) is 0. The first-order valence-electron chi connectivity index (χ1n) is 4.38. The molecular formula is C10H12N4. The molecule has 4 heteroatoms. The van der Waals surface area contributed by atoms with Crippen molar-refractivity contribution >= 4 is 22.4 Å². The number of nitrogens with two attached hydrogens (primary N) is 2. The van der Waals surface area contributed by atoms with E-state index < -0.39 is 0 Å². The maximum Gasteiger partial charge on any atom is 0.112 e. The van der Waals surface area contributed by atoms with Crippen molar-refractivity contribution < 1.29 is 0 Å². The number of hydrogen-bond acceptors (Lipinski definition) is 4. The highest BCUT2D eigenvalue weighted by molar-refractivity contribution is 5.89. The highest BCUT2D eigenvalue weighted by Gasteiger charge is 2.05. The SMILES string of the molecule is Cc1nc2cc(N)cc(N)c2nc1C. The summed E-state index contributed by atoms with van der Waals surface area (Å²) >= 11 is 0. The van der Waals surface area contributed by atoms with Crippen LogP contribution in [-0.4, -0.2) is 9.97 Å². The van der Waals surface area contributed by atoms with Gasteiger partial charge in [0.2, 0.25) is 0 Å². The second-order valence-electron chi connectivity index (χ2n) is 3.37. The molecule has 0 fully saturated rings. The Kier molecular flexibility index (Phi) is 1.77. The molecule has 2 rings (SSSR count). The Balaban J connectivity index is 2.89. The third-order valence-corrected chi connectivity index (χ3v) is 2.23. The van der Waals surface area contributed by atoms with E-state index in [1.54, 1.807) is 12.1 Å². The van der Waals surface area contributed by atoms with E-state index in [2.05, 4.69) is 9.97 Å². The van der Waals surface area contributed by atoms with Crippen molar-refractivity contribution in [1.82, 2.24) is 9.97 Å². The smallest absolute Gasteiger partial charge is 0.112 e. The van der Waals surface area contributed by atoms with Crippen LogP contribution in [0.1, 0.15) is 11.4 Å². The molecule has 0 aliphatic carbocycles. The molecule has 0 amide bonds. The fraction of sp³-hybridized carbons (Fsp3) is 0.200. The molecule has 72 valence electrons. The summed E-state index contributed by atoms with van der Waals surface area (Å²) in [6, 6.07) is 3.48. The van der Waals surface area contributed by atoms with Crippen LogP contribution >= 0.6 is 0 Å². The predicted molar refractivity (Wildman–Crippen MR) is 57.8 cm³/mol. The Bertz CT molecular complexity index is 505. The molecular weight excluding hydrogens is 176 g/mol. The van der Waals surface area contributed by atoms with Gasteiger partial charge in [0, 0.05) is 5.69 Å². The standard InChI is InChI=1S/C10H12N4/c1-5-6(2)14-10-8(12)3-7(11)4-9(10)13-5/h3-4H,11-12H2,1-2H3. The van der Waals surface area contributed by atoms with Crippen molar-refractivity contribution in [3.63, 3.8) is 0 Å². The van der Waals surface area contributed by atoms with Gasteiger partial charge in [-0.05, 0) is 26.0 Å². The quantitative estimate of drug-likeness (QED) is 0.613. The van der Waals surface area contributed by atoms with Gasteiger partial charge in [0.15, 0.2) is 0 Å². The van der Waals surface area contributed by atoms with E-state index in [0.717, 1.165) is 22.4 Å². The first-order chi connectivity index (χ1) is 6.58. The molecule has 0 saturated carbocycles. The predicted octanol–water partition coefficient (Wildman–Crippen LogP) is 1.41. The van der Waals surface area contributed by atoms with Gasteiger partial charge in [0.25, 0.3) is 0 Å². The topological polar surface area (TPSA) is 77.8 Å². The summed E-state index contributed by atoms with van der Waals surface area (Å²) in [4.78, 5) is 8.75. The van der Waals surface area contributed by atoms with E-state index in [0.29, 0.717) is 11.4 Å². The first-order valence-corrected chi connectivity index (χ1v) is 4.38. The molecule has 0 saturated heterocycles. The van der Waals surface area contributed by atoms with Gasteiger partial charge in [0.05, 0.1) is 22.6 Å². The number of nitrogen functional groups attached to an aromatic ring is 2. The van der Waals surface area contributed by atoms with E-state index in [1.165, 1.54) is 0 Å². The molecule has 0 radical (unpaired) electrons. The lowest BCUT2D eigenvalue weighted by atomic mass is 10.2. The van der Waals surface area contributed by atoms with Crippen molar-refractivity contribution in [2.24, 2.45) is 0 Å². The Morgan fingerprint density at radius 1 is 1.00 bits per heavy atom. The lowest BCUT2D eigenvalue weighted by Crippen LogP contribution is -1.98. The number of anilines is 2. The first kappa shape index (κ1) is 8.74. The van der Waals surface area contributed by atoms with Crippen LogP contribution in [0, 0.1) is 13.8 Å². The number of aryl methyl sites for hydroxylation is 2. The van der Waals surface area contributed by atoms with E-state index in [1.807, 2.05) is 13.8 Å². The van der Waals surface area contributed by atoms with Crippen molar-refractivity contribution in [1.29, 1.82) is 0 Å². The van der Waals surface area contributed by atoms with Crippen LogP contribution in [0.5, 0.6) is 0 Å². The van der Waals surface area contributed by atoms with Crippen LogP contribution < -0.4 is 11.5 Å². The fourth-order valence-corrected chi connectivity index (χ4v) is 1.38. The molecule has 1 heterocycles. The van der Waals surface area contributed by atoms with Crippen LogP contribution in [0.2, 0.25) is 0 Å². The Morgan fingerprint density at radius 3 is 2.36 bits per heavy atom. The minimum atomic E-state index is 0.579. The third kappa shape index (κ3) is 1.25. The fourth-order valence-electron chi connectivity index (χ4n) is 1.38. The summed E-state index contributed by atoms with van der Waals surface area (Å²) in [6.07, 6.45) is 0. The maximum atomic E-state index is 5.79. The van der Waals surface area contributed by atoms with Gasteiger partial charge in [-0.25, -0.2) is 9.97 Å². The largest absolute Gasteiger partial charge is 0.399 e. The van der Waals surface area contributed by atoms with E-state index >= 15 is 0 Å². The Hall–Kier alpha value is -1.84. The summed E-state index contributed by atoms with van der Waals surface area (Å²) in [6.45, 7) is 3.83. The van der Waals surface area contributed by atoms with Crippen LogP contribution in [0.3, 0.4) is 0 Å². The number of aromatic nitrogens is 2. The number of rotatable bonds is 0. The van der Waals surface area contributed by atoms with Crippen molar-refractivity contribution in [3.8, 4) is 0 Å². The summed E-state index contributed by atoms with van der Waals surface area (Å²) in [7, 11) is 0. The zero-order valence-electron chi connectivity index (χ0n) is 8.20. The van der Waals surface area contributed by atoms with Crippen LogP contribution in [-0.2, 0) is 0 Å². The molecule has 4 nitrogen and oxygen atoms in total. The number of fused-ring (bicyclic) bond motifs is 1. The highest BCUT2D eigenvalue weighted by atomic mass is 14.8.